The molecule has 2 fully saturated rings. The van der Waals surface area contributed by atoms with E-state index in [0.29, 0.717) is 56.2 Å². The van der Waals surface area contributed by atoms with Gasteiger partial charge in [0.1, 0.15) is 5.60 Å². The molecule has 36 heavy (non-hydrogen) atoms. The lowest BCUT2D eigenvalue weighted by atomic mass is 9.91. The van der Waals surface area contributed by atoms with Crippen molar-refractivity contribution in [3.63, 3.8) is 0 Å². The summed E-state index contributed by atoms with van der Waals surface area (Å²) in [4.78, 5) is 53.6. The number of methoxy groups -OCH3 is 1. The summed E-state index contributed by atoms with van der Waals surface area (Å²) in [6, 6.07) is 6.74. The van der Waals surface area contributed by atoms with Crippen molar-refractivity contribution in [2.45, 2.75) is 64.9 Å². The molecule has 2 heterocycles. The maximum absolute atomic E-state index is 12.9. The number of hydrogen-bond acceptors (Lipinski definition) is 6. The summed E-state index contributed by atoms with van der Waals surface area (Å²) < 4.78 is 10.2. The molecule has 1 unspecified atom stereocenters. The van der Waals surface area contributed by atoms with E-state index in [1.807, 2.05) is 20.8 Å². The summed E-state index contributed by atoms with van der Waals surface area (Å²) in [5.74, 6) is -0.574. The molecule has 198 valence electrons. The highest BCUT2D eigenvalue weighted by molar-refractivity contribution is 6.02. The van der Waals surface area contributed by atoms with Gasteiger partial charge in [-0.25, -0.2) is 9.59 Å². The lowest BCUT2D eigenvalue weighted by Crippen LogP contribution is -2.44. The minimum absolute atomic E-state index is 0.0667. The monoisotopic (exact) mass is 501 g/mol. The highest BCUT2D eigenvalue weighted by Gasteiger charge is 2.31. The van der Waals surface area contributed by atoms with Crippen molar-refractivity contribution < 1.29 is 28.7 Å². The molecule has 0 saturated carbocycles. The van der Waals surface area contributed by atoms with E-state index in [1.54, 1.807) is 34.1 Å². The minimum atomic E-state index is -0.511. The Morgan fingerprint density at radius 3 is 2.36 bits per heavy atom. The zero-order valence-electron chi connectivity index (χ0n) is 21.9. The second kappa shape index (κ2) is 12.2. The molecular weight excluding hydrogens is 462 g/mol. The van der Waals surface area contributed by atoms with E-state index in [1.165, 1.54) is 7.11 Å². The summed E-state index contributed by atoms with van der Waals surface area (Å²) in [7, 11) is 1.30. The highest BCUT2D eigenvalue weighted by atomic mass is 16.6. The standard InChI is InChI=1S/C27H39N3O6/c1-27(2,3)36-26(34)29-16-13-19(14-17-29)11-12-23(31)30-15-7-8-20(18-30)24(32)28-22-10-6-5-9-21(22)25(33)35-4/h5-6,9-10,19-20H,7-8,11-18H2,1-4H3,(H,28,32). The average Bonchev–Trinajstić information content (AvgIpc) is 2.86. The van der Waals surface area contributed by atoms with Gasteiger partial charge >= 0.3 is 12.1 Å². The number of hydrogen-bond donors (Lipinski definition) is 1. The van der Waals surface area contributed by atoms with Crippen LogP contribution in [0.25, 0.3) is 0 Å². The van der Waals surface area contributed by atoms with Crippen LogP contribution in [-0.4, -0.2) is 72.6 Å². The van der Waals surface area contributed by atoms with Crippen molar-refractivity contribution in [2.24, 2.45) is 11.8 Å². The first-order valence-corrected chi connectivity index (χ1v) is 12.8. The van der Waals surface area contributed by atoms with Crippen molar-refractivity contribution in [1.82, 2.24) is 9.80 Å². The van der Waals surface area contributed by atoms with Gasteiger partial charge < -0.3 is 24.6 Å². The van der Waals surface area contributed by atoms with E-state index in [0.717, 1.165) is 25.7 Å². The Morgan fingerprint density at radius 2 is 1.69 bits per heavy atom. The Morgan fingerprint density at radius 1 is 1.00 bits per heavy atom. The zero-order chi connectivity index (χ0) is 26.3. The van der Waals surface area contributed by atoms with Gasteiger partial charge in [0.15, 0.2) is 0 Å². The Balaban J connectivity index is 1.45. The third-order valence-corrected chi connectivity index (χ3v) is 6.77. The van der Waals surface area contributed by atoms with Gasteiger partial charge in [-0.2, -0.15) is 0 Å². The molecule has 0 aliphatic carbocycles. The van der Waals surface area contributed by atoms with E-state index in [-0.39, 0.29) is 23.8 Å². The number of esters is 1. The fourth-order valence-electron chi connectivity index (χ4n) is 4.75. The zero-order valence-corrected chi connectivity index (χ0v) is 21.9. The molecule has 2 saturated heterocycles. The van der Waals surface area contributed by atoms with Gasteiger partial charge in [0.2, 0.25) is 11.8 Å². The predicted molar refractivity (Wildman–Crippen MR) is 135 cm³/mol. The smallest absolute Gasteiger partial charge is 0.410 e. The van der Waals surface area contributed by atoms with Crippen molar-refractivity contribution >= 4 is 29.6 Å². The molecule has 2 aliphatic heterocycles. The number of para-hydroxylation sites is 1. The Bertz CT molecular complexity index is 949. The molecule has 2 aliphatic rings. The molecule has 3 rings (SSSR count). The third-order valence-electron chi connectivity index (χ3n) is 6.77. The largest absolute Gasteiger partial charge is 0.465 e. The first-order chi connectivity index (χ1) is 17.1. The number of likely N-dealkylation sites (tertiary alicyclic amines) is 2. The molecule has 1 N–H and O–H groups in total. The molecule has 3 amide bonds. The fraction of sp³-hybridized carbons (Fsp3) is 0.630. The van der Waals surface area contributed by atoms with Crippen molar-refractivity contribution in [3.05, 3.63) is 29.8 Å². The van der Waals surface area contributed by atoms with Crippen molar-refractivity contribution in [2.75, 3.05) is 38.6 Å². The van der Waals surface area contributed by atoms with Gasteiger partial charge in [-0.3, -0.25) is 9.59 Å². The van der Waals surface area contributed by atoms with Crippen LogP contribution in [0.3, 0.4) is 0 Å². The van der Waals surface area contributed by atoms with E-state index in [2.05, 4.69) is 5.32 Å². The molecule has 0 spiro atoms. The molecule has 9 nitrogen and oxygen atoms in total. The first-order valence-electron chi connectivity index (χ1n) is 12.8. The molecule has 0 bridgehead atoms. The van der Waals surface area contributed by atoms with E-state index >= 15 is 0 Å². The highest BCUT2D eigenvalue weighted by Crippen LogP contribution is 2.26. The Kier molecular flexibility index (Phi) is 9.34. The molecule has 9 heteroatoms. The number of carbonyl (C=O) groups excluding carboxylic acids is 4. The summed E-state index contributed by atoms with van der Waals surface area (Å²) in [5.41, 5.74) is 0.208. The van der Waals surface area contributed by atoms with Gasteiger partial charge in [0, 0.05) is 32.6 Å². The Labute approximate surface area is 213 Å². The number of nitrogens with one attached hydrogen (secondary N) is 1. The fourth-order valence-corrected chi connectivity index (χ4v) is 4.75. The second-order valence-electron chi connectivity index (χ2n) is 10.7. The summed E-state index contributed by atoms with van der Waals surface area (Å²) in [5, 5.41) is 2.85. The number of ether oxygens (including phenoxy) is 2. The van der Waals surface area contributed by atoms with Crippen LogP contribution in [0.15, 0.2) is 24.3 Å². The van der Waals surface area contributed by atoms with Crippen LogP contribution in [-0.2, 0) is 19.1 Å². The van der Waals surface area contributed by atoms with Crippen LogP contribution in [0, 0.1) is 11.8 Å². The molecule has 0 radical (unpaired) electrons. The Hall–Kier alpha value is -3.10. The molecule has 1 aromatic carbocycles. The van der Waals surface area contributed by atoms with E-state index < -0.39 is 11.6 Å². The number of rotatable bonds is 6. The van der Waals surface area contributed by atoms with Gasteiger partial charge in [0.05, 0.1) is 24.3 Å². The van der Waals surface area contributed by atoms with Gasteiger partial charge in [-0.15, -0.1) is 0 Å². The number of anilines is 1. The third kappa shape index (κ3) is 7.70. The van der Waals surface area contributed by atoms with E-state index in [9.17, 15) is 19.2 Å². The molecule has 1 aromatic rings. The lowest BCUT2D eigenvalue weighted by Gasteiger charge is -2.34. The van der Waals surface area contributed by atoms with Crippen molar-refractivity contribution in [1.29, 1.82) is 0 Å². The number of amides is 3. The van der Waals surface area contributed by atoms with Crippen molar-refractivity contribution in [3.8, 4) is 0 Å². The number of piperidine rings is 2. The van der Waals surface area contributed by atoms with Crippen LogP contribution in [0.2, 0.25) is 0 Å². The average molecular weight is 502 g/mol. The van der Waals surface area contributed by atoms with Crippen LogP contribution >= 0.6 is 0 Å². The first kappa shape index (κ1) is 27.5. The quantitative estimate of drug-likeness (QED) is 0.589. The van der Waals surface area contributed by atoms with Crippen LogP contribution in [0.5, 0.6) is 0 Å². The second-order valence-corrected chi connectivity index (χ2v) is 10.7. The van der Waals surface area contributed by atoms with Crippen LogP contribution in [0.4, 0.5) is 10.5 Å². The normalized spacial score (nSPS) is 18.9. The SMILES string of the molecule is COC(=O)c1ccccc1NC(=O)C1CCCN(C(=O)CCC2CCN(C(=O)OC(C)(C)C)CC2)C1. The molecule has 1 atom stereocenters. The summed E-state index contributed by atoms with van der Waals surface area (Å²) >= 11 is 0. The van der Waals surface area contributed by atoms with Gasteiger partial charge in [0.25, 0.3) is 0 Å². The summed E-state index contributed by atoms with van der Waals surface area (Å²) in [6.07, 6.45) is 4.12. The maximum Gasteiger partial charge on any atom is 0.410 e. The summed E-state index contributed by atoms with van der Waals surface area (Å²) in [6.45, 7) is 7.90. The van der Waals surface area contributed by atoms with Crippen LogP contribution in [0.1, 0.15) is 69.7 Å². The van der Waals surface area contributed by atoms with Crippen LogP contribution < -0.4 is 5.32 Å². The molecule has 0 aromatic heterocycles. The predicted octanol–water partition coefficient (Wildman–Crippen LogP) is 4.08. The number of nitrogens with zero attached hydrogens (tertiary/aromatic N) is 2. The molecular formula is C27H39N3O6. The number of benzene rings is 1. The topological polar surface area (TPSA) is 105 Å². The van der Waals surface area contributed by atoms with E-state index in [4.69, 9.17) is 9.47 Å². The maximum atomic E-state index is 12.9. The van der Waals surface area contributed by atoms with Gasteiger partial charge in [-0.05, 0) is 70.9 Å². The minimum Gasteiger partial charge on any atom is -0.465 e. The lowest BCUT2D eigenvalue weighted by molar-refractivity contribution is -0.135. The van der Waals surface area contributed by atoms with Gasteiger partial charge in [-0.1, -0.05) is 12.1 Å². The number of carbonyl (C=O) groups is 4.